The summed E-state index contributed by atoms with van der Waals surface area (Å²) in [5.41, 5.74) is 3.23. The molecule has 8 heterocycles. The minimum absolute atomic E-state index is 0.00209. The van der Waals surface area contributed by atoms with Crippen LogP contribution in [-0.4, -0.2) is 103 Å². The number of ether oxygens (including phenoxy) is 1. The molecule has 14 atom stereocenters. The quantitative estimate of drug-likeness (QED) is 0.255. The van der Waals surface area contributed by atoms with Crippen molar-refractivity contribution in [3.05, 3.63) is 59.7 Å². The van der Waals surface area contributed by atoms with Gasteiger partial charge < -0.3 is 4.74 Å². The maximum absolute atomic E-state index is 6.57. The highest BCUT2D eigenvalue weighted by atomic mass is 16.5. The second-order valence-electron chi connectivity index (χ2n) is 18.2. The van der Waals surface area contributed by atoms with Crippen molar-refractivity contribution in [3.63, 3.8) is 0 Å². The van der Waals surface area contributed by atoms with Crippen LogP contribution in [0.15, 0.2) is 48.5 Å². The molecule has 10 rings (SSSR count). The molecule has 8 bridgehead atoms. The zero-order valence-corrected chi connectivity index (χ0v) is 32.8. The van der Waals surface area contributed by atoms with Gasteiger partial charge in [-0.3, -0.25) is 29.4 Å². The van der Waals surface area contributed by atoms with Gasteiger partial charge in [0.15, 0.2) is 0 Å². The molecule has 14 unspecified atom stereocenters. The van der Waals surface area contributed by atoms with Crippen LogP contribution in [0.5, 0.6) is 11.5 Å². The minimum atomic E-state index is -0.0165. The minimum Gasteiger partial charge on any atom is -0.457 e. The second-order valence-corrected chi connectivity index (χ2v) is 18.2. The highest BCUT2D eigenvalue weighted by Crippen LogP contribution is 2.66. The second kappa shape index (κ2) is 10.3. The molecule has 8 aliphatic heterocycles. The summed E-state index contributed by atoms with van der Waals surface area (Å²) in [7, 11) is 0. The molecule has 0 aliphatic carbocycles. The van der Waals surface area contributed by atoms with Gasteiger partial charge >= 0.3 is 0 Å². The van der Waals surface area contributed by atoms with Gasteiger partial charge in [0, 0.05) is 33.0 Å². The molecule has 0 amide bonds. The molecule has 8 saturated heterocycles. The van der Waals surface area contributed by atoms with Gasteiger partial charge in [-0.25, -0.2) is 0 Å². The van der Waals surface area contributed by atoms with E-state index in [0.717, 1.165) is 77.2 Å². The monoisotopic (exact) mass is 669 g/mol. The van der Waals surface area contributed by atoms with Crippen molar-refractivity contribution in [1.29, 1.82) is 0 Å². The molecule has 49 heavy (non-hydrogen) atoms. The normalized spacial score (nSPS) is 48.2. The van der Waals surface area contributed by atoms with Gasteiger partial charge in [-0.05, 0) is 103 Å². The van der Waals surface area contributed by atoms with E-state index in [4.69, 9.17) is 4.74 Å². The van der Waals surface area contributed by atoms with Gasteiger partial charge in [0.25, 0.3) is 0 Å². The number of benzene rings is 2. The lowest BCUT2D eigenvalue weighted by molar-refractivity contribution is -0.115. The number of rotatable bonds is 10. The lowest BCUT2D eigenvalue weighted by Gasteiger charge is -2.65. The van der Waals surface area contributed by atoms with E-state index in [0.29, 0.717) is 0 Å². The Bertz CT molecular complexity index is 1510. The Morgan fingerprint density at radius 2 is 0.796 bits per heavy atom. The molecule has 8 fully saturated rings. The SMILES string of the molecule is CCC(C)(c1ccc(Oc2ccc(C(C)(CC)C3(C)N4CN5CN(C4)C3(C)C5(C)CC)cc2)cc1)C1(C)N2CN3CN(C2)C1(C)C3(C)CC. The first kappa shape index (κ1) is 34.1. The van der Waals surface area contributed by atoms with E-state index in [-0.39, 0.29) is 44.1 Å². The fraction of sp³-hybridized carbons (Fsp3) is 0.714. The molecule has 2 aromatic carbocycles. The first-order valence-electron chi connectivity index (χ1n) is 19.4. The van der Waals surface area contributed by atoms with Crippen LogP contribution in [-0.2, 0) is 10.8 Å². The predicted molar refractivity (Wildman–Crippen MR) is 199 cm³/mol. The van der Waals surface area contributed by atoms with E-state index < -0.39 is 0 Å². The van der Waals surface area contributed by atoms with Crippen molar-refractivity contribution in [2.24, 2.45) is 0 Å². The summed E-state index contributed by atoms with van der Waals surface area (Å²) in [4.78, 5) is 16.5. The van der Waals surface area contributed by atoms with Crippen LogP contribution in [0.3, 0.4) is 0 Å². The zero-order chi connectivity index (χ0) is 35.2. The fourth-order valence-electron chi connectivity index (χ4n) is 13.3. The Hall–Kier alpha value is -2.00. The Kier molecular flexibility index (Phi) is 7.18. The number of nitrogens with zero attached hydrogens (tertiary/aromatic N) is 6. The van der Waals surface area contributed by atoms with Gasteiger partial charge in [-0.1, -0.05) is 65.8 Å². The van der Waals surface area contributed by atoms with Gasteiger partial charge in [-0.15, -0.1) is 0 Å². The molecule has 268 valence electrons. The summed E-state index contributed by atoms with van der Waals surface area (Å²) in [6.45, 7) is 36.3. The summed E-state index contributed by atoms with van der Waals surface area (Å²) in [5.74, 6) is 1.81. The third-order valence-electron chi connectivity index (χ3n) is 18.1. The van der Waals surface area contributed by atoms with Crippen molar-refractivity contribution >= 4 is 0 Å². The van der Waals surface area contributed by atoms with E-state index in [1.807, 2.05) is 0 Å². The van der Waals surface area contributed by atoms with Crippen molar-refractivity contribution in [2.45, 2.75) is 153 Å². The molecule has 0 spiro atoms. The Labute approximate surface area is 297 Å². The molecule has 0 aromatic heterocycles. The van der Waals surface area contributed by atoms with Crippen LogP contribution >= 0.6 is 0 Å². The van der Waals surface area contributed by atoms with Crippen molar-refractivity contribution < 1.29 is 4.74 Å². The van der Waals surface area contributed by atoms with Crippen LogP contribution in [0.25, 0.3) is 0 Å². The first-order chi connectivity index (χ1) is 23.0. The van der Waals surface area contributed by atoms with Crippen molar-refractivity contribution in [1.82, 2.24) is 29.4 Å². The standard InChI is InChI=1S/C42H64N6O/c1-13-35(5,39(9)41(11)37(7,15-3)43-25-45(39)29-47(41)27-43)31-17-21-33(22-18-31)49-34-23-19-32(20-24-34)36(6,14-2)40(10)42(12)38(8,16-4)44-26-46(40)30-48(42)28-44/h17-24H,13-16,25-30H2,1-12H3. The molecular weight excluding hydrogens is 605 g/mol. The molecule has 0 radical (unpaired) electrons. The molecule has 7 nitrogen and oxygen atoms in total. The molecule has 8 aliphatic rings. The van der Waals surface area contributed by atoms with Crippen LogP contribution in [0, 0.1) is 0 Å². The van der Waals surface area contributed by atoms with Crippen LogP contribution < -0.4 is 4.74 Å². The summed E-state index contributed by atoms with van der Waals surface area (Å²) < 4.78 is 6.57. The summed E-state index contributed by atoms with van der Waals surface area (Å²) in [6, 6.07) is 18.2. The molecule has 7 heteroatoms. The van der Waals surface area contributed by atoms with Gasteiger partial charge in [0.05, 0.1) is 51.1 Å². The Balaban J connectivity index is 1.05. The molecule has 2 aromatic rings. The number of hydrogen-bond acceptors (Lipinski definition) is 7. The average Bonchev–Trinajstić information content (AvgIpc) is 3.55. The third-order valence-corrected chi connectivity index (χ3v) is 18.1. The highest BCUT2D eigenvalue weighted by Gasteiger charge is 2.79. The van der Waals surface area contributed by atoms with Crippen LogP contribution in [0.4, 0.5) is 0 Å². The maximum Gasteiger partial charge on any atom is 0.127 e. The van der Waals surface area contributed by atoms with Gasteiger partial charge in [0.1, 0.15) is 11.5 Å². The van der Waals surface area contributed by atoms with Crippen molar-refractivity contribution in [3.8, 4) is 11.5 Å². The lowest BCUT2D eigenvalue weighted by Crippen LogP contribution is -2.78. The largest absolute Gasteiger partial charge is 0.457 e. The summed E-state index contributed by atoms with van der Waals surface area (Å²) in [5, 5.41) is 0. The van der Waals surface area contributed by atoms with Crippen LogP contribution in [0.2, 0.25) is 0 Å². The van der Waals surface area contributed by atoms with E-state index in [1.165, 1.54) is 11.1 Å². The topological polar surface area (TPSA) is 28.7 Å². The lowest BCUT2D eigenvalue weighted by atomic mass is 9.52. The van der Waals surface area contributed by atoms with E-state index >= 15 is 0 Å². The maximum atomic E-state index is 6.57. The third kappa shape index (κ3) is 3.48. The van der Waals surface area contributed by atoms with Crippen LogP contribution in [0.1, 0.15) is 120 Å². The van der Waals surface area contributed by atoms with E-state index in [1.54, 1.807) is 0 Å². The predicted octanol–water partition coefficient (Wildman–Crippen LogP) is 7.83. The van der Waals surface area contributed by atoms with Gasteiger partial charge in [-0.2, -0.15) is 0 Å². The Morgan fingerprint density at radius 1 is 0.490 bits per heavy atom. The average molecular weight is 669 g/mol. The van der Waals surface area contributed by atoms with Gasteiger partial charge in [0.2, 0.25) is 0 Å². The highest BCUT2D eigenvalue weighted by molar-refractivity contribution is 5.45. The fourth-order valence-corrected chi connectivity index (χ4v) is 13.3. The van der Waals surface area contributed by atoms with E-state index in [2.05, 4.69) is 161 Å². The number of hydrogen-bond donors (Lipinski definition) is 0. The summed E-state index contributed by atoms with van der Waals surface area (Å²) in [6.07, 6.45) is 4.50. The Morgan fingerprint density at radius 3 is 1.10 bits per heavy atom. The molecule has 0 saturated carbocycles. The smallest absolute Gasteiger partial charge is 0.127 e. The first-order valence-corrected chi connectivity index (χ1v) is 19.4. The zero-order valence-electron chi connectivity index (χ0n) is 32.8. The molecular formula is C42H64N6O. The van der Waals surface area contributed by atoms with Crippen molar-refractivity contribution in [2.75, 3.05) is 40.0 Å². The summed E-state index contributed by atoms with van der Waals surface area (Å²) >= 11 is 0. The van der Waals surface area contributed by atoms with E-state index in [9.17, 15) is 0 Å². The molecule has 0 N–H and O–H groups in total.